The van der Waals surface area contributed by atoms with E-state index >= 15 is 0 Å². The summed E-state index contributed by atoms with van der Waals surface area (Å²) >= 11 is 0. The minimum Gasteiger partial charge on any atom is -0.437 e. The van der Waals surface area contributed by atoms with E-state index in [0.717, 1.165) is 6.04 Å². The Morgan fingerprint density at radius 3 is 2.00 bits per heavy atom. The molecule has 0 aromatic rings. The fourth-order valence-electron chi connectivity index (χ4n) is 1.38. The number of rotatable bonds is 7. The Labute approximate surface area is 98.1 Å². The molecule has 0 atom stereocenters. The van der Waals surface area contributed by atoms with E-state index in [2.05, 4.69) is 45.9 Å². The van der Waals surface area contributed by atoms with Crippen LogP contribution in [0.15, 0.2) is 24.9 Å². The minimum atomic E-state index is -1.97. The SMILES string of the molecule is C=CC[Si](C=C)O[Si](C)(C)O[Si](C)(C)C. The first-order valence-corrected chi connectivity index (χ1v) is 13.1. The normalized spacial score (nSPS) is 12.9. The summed E-state index contributed by atoms with van der Waals surface area (Å²) in [7, 11) is -4.43. The molecule has 0 saturated carbocycles. The fraction of sp³-hybridized carbons (Fsp3) is 0.600. The summed E-state index contributed by atoms with van der Waals surface area (Å²) in [5.74, 6) is 0. The van der Waals surface area contributed by atoms with Gasteiger partial charge in [0, 0.05) is 0 Å². The van der Waals surface area contributed by atoms with Gasteiger partial charge in [-0.25, -0.2) is 0 Å². The van der Waals surface area contributed by atoms with Gasteiger partial charge in [0.1, 0.15) is 0 Å². The molecule has 1 radical (unpaired) electrons. The highest BCUT2D eigenvalue weighted by atomic mass is 28.5. The van der Waals surface area contributed by atoms with Crippen LogP contribution in [0.4, 0.5) is 0 Å². The van der Waals surface area contributed by atoms with Gasteiger partial charge in [-0.1, -0.05) is 11.8 Å². The van der Waals surface area contributed by atoms with Gasteiger partial charge in [-0.2, -0.15) is 0 Å². The van der Waals surface area contributed by atoms with Gasteiger partial charge in [0.2, 0.25) is 9.04 Å². The Bertz CT molecular complexity index is 221. The van der Waals surface area contributed by atoms with Gasteiger partial charge < -0.3 is 8.23 Å². The van der Waals surface area contributed by atoms with Crippen molar-refractivity contribution in [2.24, 2.45) is 0 Å². The van der Waals surface area contributed by atoms with Gasteiger partial charge in [0.15, 0.2) is 8.32 Å². The highest BCUT2D eigenvalue weighted by molar-refractivity contribution is 6.84. The summed E-state index contributed by atoms with van der Waals surface area (Å²) in [5.41, 5.74) is 1.93. The van der Waals surface area contributed by atoms with Crippen LogP contribution in [-0.4, -0.2) is 25.9 Å². The van der Waals surface area contributed by atoms with Crippen LogP contribution in [0.2, 0.25) is 38.8 Å². The highest BCUT2D eigenvalue weighted by Gasteiger charge is 2.33. The van der Waals surface area contributed by atoms with Crippen molar-refractivity contribution >= 4 is 25.9 Å². The lowest BCUT2D eigenvalue weighted by atomic mass is 10.8. The molecule has 0 aliphatic rings. The Balaban J connectivity index is 4.33. The Hall–Kier alpha value is 0.0506. The third kappa shape index (κ3) is 7.92. The van der Waals surface area contributed by atoms with Crippen molar-refractivity contribution in [2.45, 2.75) is 38.8 Å². The van der Waals surface area contributed by atoms with E-state index in [1.54, 1.807) is 0 Å². The summed E-state index contributed by atoms with van der Waals surface area (Å²) < 4.78 is 12.2. The van der Waals surface area contributed by atoms with Gasteiger partial charge in [-0.15, -0.1) is 13.2 Å². The molecule has 5 heteroatoms. The van der Waals surface area contributed by atoms with Crippen molar-refractivity contribution in [2.75, 3.05) is 0 Å². The minimum absolute atomic E-state index is 0.902. The molecule has 87 valence electrons. The van der Waals surface area contributed by atoms with Gasteiger partial charge in [-0.05, 0) is 38.8 Å². The molecular weight excluding hydrogens is 236 g/mol. The third-order valence-electron chi connectivity index (χ3n) is 1.50. The first-order valence-electron chi connectivity index (χ1n) is 5.18. The molecule has 0 N–H and O–H groups in total. The first kappa shape index (κ1) is 15.1. The van der Waals surface area contributed by atoms with Crippen LogP contribution < -0.4 is 0 Å². The van der Waals surface area contributed by atoms with E-state index in [0.29, 0.717) is 0 Å². The number of hydrogen-bond donors (Lipinski definition) is 0. The average Bonchev–Trinajstić information content (AvgIpc) is 1.98. The quantitative estimate of drug-likeness (QED) is 0.515. The number of hydrogen-bond acceptors (Lipinski definition) is 2. The van der Waals surface area contributed by atoms with Crippen LogP contribution in [0.1, 0.15) is 0 Å². The van der Waals surface area contributed by atoms with Crippen molar-refractivity contribution in [1.82, 2.24) is 0 Å². The van der Waals surface area contributed by atoms with E-state index < -0.39 is 25.9 Å². The molecule has 0 saturated heterocycles. The second-order valence-electron chi connectivity index (χ2n) is 4.88. The van der Waals surface area contributed by atoms with Crippen LogP contribution in [0.25, 0.3) is 0 Å². The first-order chi connectivity index (χ1) is 6.70. The molecule has 0 aromatic heterocycles. The Morgan fingerprint density at radius 1 is 1.13 bits per heavy atom. The van der Waals surface area contributed by atoms with Gasteiger partial charge >= 0.3 is 8.56 Å². The van der Waals surface area contributed by atoms with Crippen LogP contribution in [0, 0.1) is 0 Å². The van der Waals surface area contributed by atoms with Crippen molar-refractivity contribution in [1.29, 1.82) is 0 Å². The zero-order chi connectivity index (χ0) is 12.1. The van der Waals surface area contributed by atoms with Gasteiger partial charge in [0.05, 0.1) is 0 Å². The van der Waals surface area contributed by atoms with E-state index in [1.807, 2.05) is 11.8 Å². The monoisotopic (exact) mass is 259 g/mol. The molecule has 0 unspecified atom stereocenters. The average molecular weight is 260 g/mol. The molecule has 0 rings (SSSR count). The largest absolute Gasteiger partial charge is 0.437 e. The van der Waals surface area contributed by atoms with Crippen LogP contribution in [0.5, 0.6) is 0 Å². The molecule has 0 aliphatic heterocycles. The molecule has 0 spiro atoms. The standard InChI is InChI=1S/C10H23O2Si3/c1-8-10-13(9-2)11-15(6,7)12-14(3,4)5/h8-9H,1-2,10H2,3-7H3. The van der Waals surface area contributed by atoms with E-state index in [4.69, 9.17) is 8.23 Å². The van der Waals surface area contributed by atoms with Crippen molar-refractivity contribution < 1.29 is 8.23 Å². The van der Waals surface area contributed by atoms with E-state index in [9.17, 15) is 0 Å². The topological polar surface area (TPSA) is 18.5 Å². The maximum atomic E-state index is 6.10. The highest BCUT2D eigenvalue weighted by Crippen LogP contribution is 2.17. The molecule has 0 aromatic carbocycles. The summed E-state index contributed by atoms with van der Waals surface area (Å²) in [6.07, 6.45) is 1.90. The molecule has 0 bridgehead atoms. The van der Waals surface area contributed by atoms with Crippen LogP contribution >= 0.6 is 0 Å². The molecule has 0 fully saturated rings. The second kappa shape index (κ2) is 5.95. The zero-order valence-electron chi connectivity index (χ0n) is 10.6. The fourth-order valence-corrected chi connectivity index (χ4v) is 11.5. The van der Waals surface area contributed by atoms with Crippen molar-refractivity contribution in [3.8, 4) is 0 Å². The van der Waals surface area contributed by atoms with Crippen molar-refractivity contribution in [3.63, 3.8) is 0 Å². The third-order valence-corrected chi connectivity index (χ3v) is 10.1. The maximum Gasteiger partial charge on any atom is 0.311 e. The summed E-state index contributed by atoms with van der Waals surface area (Å²) in [4.78, 5) is 0. The lowest BCUT2D eigenvalue weighted by Crippen LogP contribution is -2.47. The van der Waals surface area contributed by atoms with E-state index in [-0.39, 0.29) is 0 Å². The maximum absolute atomic E-state index is 6.10. The molecule has 0 amide bonds. The molecule has 0 aliphatic carbocycles. The van der Waals surface area contributed by atoms with Crippen molar-refractivity contribution in [3.05, 3.63) is 24.9 Å². The Kier molecular flexibility index (Phi) is 5.97. The predicted molar refractivity (Wildman–Crippen MR) is 74.0 cm³/mol. The molecule has 15 heavy (non-hydrogen) atoms. The van der Waals surface area contributed by atoms with Gasteiger partial charge in [0.25, 0.3) is 0 Å². The predicted octanol–water partition coefficient (Wildman–Crippen LogP) is 3.46. The smallest absolute Gasteiger partial charge is 0.311 e. The zero-order valence-corrected chi connectivity index (χ0v) is 13.6. The molecule has 0 heterocycles. The summed E-state index contributed by atoms with van der Waals surface area (Å²) in [6.45, 7) is 18.4. The lowest BCUT2D eigenvalue weighted by Gasteiger charge is -2.32. The van der Waals surface area contributed by atoms with E-state index in [1.165, 1.54) is 0 Å². The molecule has 2 nitrogen and oxygen atoms in total. The summed E-state index contributed by atoms with van der Waals surface area (Å²) in [5, 5.41) is 0. The second-order valence-corrected chi connectivity index (χ2v) is 15.3. The van der Waals surface area contributed by atoms with Crippen LogP contribution in [-0.2, 0) is 8.23 Å². The Morgan fingerprint density at radius 2 is 1.67 bits per heavy atom. The molecular formula is C10H23O2Si3. The van der Waals surface area contributed by atoms with Crippen LogP contribution in [0.3, 0.4) is 0 Å². The number of allylic oxidation sites excluding steroid dienone is 1. The van der Waals surface area contributed by atoms with Gasteiger partial charge in [-0.3, -0.25) is 0 Å². The lowest BCUT2D eigenvalue weighted by molar-refractivity contribution is 0.405. The summed E-state index contributed by atoms with van der Waals surface area (Å²) in [6, 6.07) is 0.902.